The molecule has 0 aliphatic heterocycles. The lowest BCUT2D eigenvalue weighted by molar-refractivity contribution is 0.243. The minimum Gasteiger partial charge on any atom is -0.489 e. The molecule has 3 N–H and O–H groups in total. The third-order valence-corrected chi connectivity index (χ3v) is 8.94. The maximum absolute atomic E-state index is 12.8. The first-order valence-electron chi connectivity index (χ1n) is 14.5. The fourth-order valence-electron chi connectivity index (χ4n) is 5.32. The zero-order valence-corrected chi connectivity index (χ0v) is 27.0. The minimum atomic E-state index is -1.28. The van der Waals surface area contributed by atoms with E-state index in [1.807, 2.05) is 27.7 Å². The average Bonchev–Trinajstić information content (AvgIpc) is 3.26. The molecule has 1 aliphatic rings. The smallest absolute Gasteiger partial charge is 0.229 e. The third kappa shape index (κ3) is 7.99. The number of hydrogen-bond donors (Lipinski definition) is 3. The molecule has 1 atom stereocenters. The Bertz CT molecular complexity index is 1370. The lowest BCUT2D eigenvalue weighted by atomic mass is 9.80. The first kappa shape index (κ1) is 31.3. The molecule has 0 radical (unpaired) electrons. The van der Waals surface area contributed by atoms with Crippen molar-refractivity contribution in [1.82, 2.24) is 25.1 Å². The van der Waals surface area contributed by atoms with Crippen LogP contribution in [-0.2, 0) is 17.8 Å². The van der Waals surface area contributed by atoms with E-state index in [9.17, 15) is 4.21 Å². The van der Waals surface area contributed by atoms with Crippen LogP contribution in [0.15, 0.2) is 29.6 Å². The van der Waals surface area contributed by atoms with E-state index in [0.717, 1.165) is 24.3 Å². The van der Waals surface area contributed by atoms with Crippen LogP contribution in [0.25, 0.3) is 0 Å². The number of nitrogens with one attached hydrogen (secondary N) is 3. The van der Waals surface area contributed by atoms with Gasteiger partial charge < -0.3 is 20.7 Å². The fraction of sp³-hybridized carbons (Fsp3) is 0.567. The molecule has 9 nitrogen and oxygen atoms in total. The van der Waals surface area contributed by atoms with E-state index in [1.54, 1.807) is 24.1 Å². The maximum Gasteiger partial charge on any atom is 0.229 e. The van der Waals surface area contributed by atoms with Gasteiger partial charge in [-0.2, -0.15) is 10.1 Å². The lowest BCUT2D eigenvalue weighted by Gasteiger charge is -2.32. The van der Waals surface area contributed by atoms with Crippen LogP contribution in [0.4, 0.5) is 23.1 Å². The molecule has 3 aromatic rings. The van der Waals surface area contributed by atoms with Crippen molar-refractivity contribution in [2.75, 3.05) is 10.6 Å². The number of rotatable bonds is 11. The van der Waals surface area contributed by atoms with Crippen molar-refractivity contribution in [3.05, 3.63) is 40.7 Å². The molecule has 224 valence electrons. The molecule has 0 bridgehead atoms. The number of anilines is 4. The highest BCUT2D eigenvalue weighted by Gasteiger charge is 2.25. The summed E-state index contributed by atoms with van der Waals surface area (Å²) in [5.74, 6) is 2.05. The number of ether oxygens (including phenoxy) is 1. The van der Waals surface area contributed by atoms with Crippen LogP contribution in [0.5, 0.6) is 5.75 Å². The van der Waals surface area contributed by atoms with Gasteiger partial charge in [0.2, 0.25) is 5.95 Å². The Morgan fingerprint density at radius 2 is 1.76 bits per heavy atom. The van der Waals surface area contributed by atoms with Gasteiger partial charge in [0.15, 0.2) is 10.8 Å². The van der Waals surface area contributed by atoms with E-state index < -0.39 is 10.8 Å². The minimum absolute atomic E-state index is 0.00581. The molecule has 1 aromatic carbocycles. The van der Waals surface area contributed by atoms with Crippen molar-refractivity contribution < 1.29 is 8.95 Å². The number of aromatic nitrogens is 4. The summed E-state index contributed by atoms with van der Waals surface area (Å²) in [5, 5.41) is 15.4. The zero-order valence-electron chi connectivity index (χ0n) is 25.4. The number of hydrogen-bond acceptors (Lipinski definition) is 8. The van der Waals surface area contributed by atoms with Gasteiger partial charge in [-0.25, -0.2) is 4.98 Å². The highest BCUT2D eigenvalue weighted by molar-refractivity contribution is 7.85. The van der Waals surface area contributed by atoms with Gasteiger partial charge in [-0.3, -0.25) is 8.89 Å². The number of nitrogens with zero attached hydrogens (tertiary/aromatic N) is 4. The van der Waals surface area contributed by atoms with Crippen LogP contribution in [0, 0.1) is 6.92 Å². The van der Waals surface area contributed by atoms with Crippen molar-refractivity contribution in [3.8, 4) is 5.75 Å². The molecular formula is C30H44ClN7O2S. The molecule has 1 aliphatic carbocycles. The molecule has 1 fully saturated rings. The van der Waals surface area contributed by atoms with E-state index in [-0.39, 0.29) is 11.4 Å². The van der Waals surface area contributed by atoms with E-state index in [0.29, 0.717) is 45.5 Å². The Morgan fingerprint density at radius 3 is 2.39 bits per heavy atom. The largest absolute Gasteiger partial charge is 0.489 e. The molecule has 41 heavy (non-hydrogen) atoms. The molecule has 0 amide bonds. The number of aryl methyl sites for hydroxylation is 2. The van der Waals surface area contributed by atoms with Crippen molar-refractivity contribution in [3.63, 3.8) is 0 Å². The van der Waals surface area contributed by atoms with Gasteiger partial charge in [0.25, 0.3) is 0 Å². The molecule has 2 heterocycles. The van der Waals surface area contributed by atoms with Gasteiger partial charge in [0, 0.05) is 30.6 Å². The maximum atomic E-state index is 12.8. The normalized spacial score (nSPS) is 18.2. The first-order chi connectivity index (χ1) is 19.4. The SMILES string of the molecule is Cc1cc(Nc2ncc(Cl)c(Nc3cn(C)nc3S(=O)C(C)C)n2)c(OC(C)C)cc1C1CCC(NC(C)C)CC1. The second-order valence-corrected chi connectivity index (χ2v) is 14.1. The number of benzene rings is 1. The monoisotopic (exact) mass is 601 g/mol. The van der Waals surface area contributed by atoms with Gasteiger partial charge in [-0.05, 0) is 75.6 Å². The molecule has 1 saturated carbocycles. The third-order valence-electron chi connectivity index (χ3n) is 7.12. The Morgan fingerprint density at radius 1 is 1.05 bits per heavy atom. The van der Waals surface area contributed by atoms with Crippen molar-refractivity contribution in [1.29, 1.82) is 0 Å². The molecular weight excluding hydrogens is 558 g/mol. The van der Waals surface area contributed by atoms with Gasteiger partial charge in [-0.15, -0.1) is 0 Å². The Balaban J connectivity index is 1.58. The summed E-state index contributed by atoms with van der Waals surface area (Å²) in [6.45, 7) is 14.4. The second kappa shape index (κ2) is 13.5. The molecule has 4 rings (SSSR count). The van der Waals surface area contributed by atoms with Crippen LogP contribution >= 0.6 is 11.6 Å². The fourth-order valence-corrected chi connectivity index (χ4v) is 6.44. The van der Waals surface area contributed by atoms with Gasteiger partial charge >= 0.3 is 0 Å². The van der Waals surface area contributed by atoms with E-state index in [1.165, 1.54) is 24.0 Å². The van der Waals surface area contributed by atoms with Crippen LogP contribution in [0.2, 0.25) is 5.02 Å². The topological polar surface area (TPSA) is 106 Å². The van der Waals surface area contributed by atoms with Crippen LogP contribution < -0.4 is 20.7 Å². The first-order valence-corrected chi connectivity index (χ1v) is 16.1. The standard InChI is InChI=1S/C30H44ClN7O2S/c1-17(2)33-22-11-9-21(10-12-22)23-14-27(40-18(3)4)25(13-20(23)7)35-30-32-15-24(31)28(36-30)34-26-16-38(8)37-29(26)41(39)19(5)6/h13-19,21-22,33H,9-12H2,1-8H3,(H2,32,34,35,36). The predicted octanol–water partition coefficient (Wildman–Crippen LogP) is 6.99. The Kier molecular flexibility index (Phi) is 10.3. The van der Waals surface area contributed by atoms with Gasteiger partial charge in [0.05, 0.1) is 34.5 Å². The Hall–Kier alpha value is -2.69. The van der Waals surface area contributed by atoms with Crippen LogP contribution in [-0.4, -0.2) is 47.4 Å². The summed E-state index contributed by atoms with van der Waals surface area (Å²) in [5.41, 5.74) is 3.95. The van der Waals surface area contributed by atoms with Crippen LogP contribution in [0.1, 0.15) is 84.3 Å². The highest BCUT2D eigenvalue weighted by atomic mass is 35.5. The summed E-state index contributed by atoms with van der Waals surface area (Å²) >= 11 is 6.47. The van der Waals surface area contributed by atoms with Crippen LogP contribution in [0.3, 0.4) is 0 Å². The zero-order chi connectivity index (χ0) is 29.8. The van der Waals surface area contributed by atoms with E-state index in [2.05, 4.69) is 63.9 Å². The summed E-state index contributed by atoms with van der Waals surface area (Å²) in [6.07, 6.45) is 8.00. The van der Waals surface area contributed by atoms with Crippen molar-refractivity contribution in [2.24, 2.45) is 7.05 Å². The van der Waals surface area contributed by atoms with E-state index in [4.69, 9.17) is 16.3 Å². The molecule has 0 spiro atoms. The second-order valence-electron chi connectivity index (χ2n) is 11.7. The van der Waals surface area contributed by atoms with E-state index >= 15 is 0 Å². The van der Waals surface area contributed by atoms with Gasteiger partial charge in [-0.1, -0.05) is 39.3 Å². The highest BCUT2D eigenvalue weighted by Crippen LogP contribution is 2.40. The Labute approximate surface area is 251 Å². The molecule has 2 aromatic heterocycles. The van der Waals surface area contributed by atoms with Crippen molar-refractivity contribution >= 4 is 45.5 Å². The summed E-state index contributed by atoms with van der Waals surface area (Å²) in [7, 11) is 0.508. The molecule has 1 unspecified atom stereocenters. The average molecular weight is 602 g/mol. The molecule has 0 saturated heterocycles. The predicted molar refractivity (Wildman–Crippen MR) is 169 cm³/mol. The lowest BCUT2D eigenvalue weighted by Crippen LogP contribution is -2.37. The number of halogens is 1. The summed E-state index contributed by atoms with van der Waals surface area (Å²) in [4.78, 5) is 9.07. The molecule has 11 heteroatoms. The van der Waals surface area contributed by atoms with Gasteiger partial charge in [0.1, 0.15) is 10.8 Å². The summed E-state index contributed by atoms with van der Waals surface area (Å²) in [6, 6.07) is 5.42. The quantitative estimate of drug-likeness (QED) is 0.216. The summed E-state index contributed by atoms with van der Waals surface area (Å²) < 4.78 is 20.7. The van der Waals surface area contributed by atoms with Crippen molar-refractivity contribution in [2.45, 2.75) is 109 Å².